The number of alkyl carbamates (subject to hydrolysis) is 1. The Morgan fingerprint density at radius 2 is 1.73 bits per heavy atom. The lowest BCUT2D eigenvalue weighted by Crippen LogP contribution is -2.42. The molecule has 26 heavy (non-hydrogen) atoms. The standard InChI is InChI=1S/C19H27NO6/c1-14(21)24-13-16(20-18(23)26-19(2,3)4)10-11-17(22)25-12-15-8-6-5-7-9-15/h5-9,16H,10-13H2,1-4H3,(H,20,23)/t16-/m0/s1. The van der Waals surface area contributed by atoms with E-state index in [2.05, 4.69) is 5.32 Å². The topological polar surface area (TPSA) is 90.9 Å². The summed E-state index contributed by atoms with van der Waals surface area (Å²) in [6.07, 6.45) is -0.290. The summed E-state index contributed by atoms with van der Waals surface area (Å²) < 4.78 is 15.3. The molecule has 1 N–H and O–H groups in total. The molecule has 0 bridgehead atoms. The van der Waals surface area contributed by atoms with E-state index in [0.29, 0.717) is 0 Å². The molecule has 0 aliphatic rings. The van der Waals surface area contributed by atoms with Gasteiger partial charge in [-0.15, -0.1) is 0 Å². The van der Waals surface area contributed by atoms with Crippen molar-refractivity contribution in [1.29, 1.82) is 0 Å². The number of esters is 2. The molecule has 0 aromatic heterocycles. The fourth-order valence-electron chi connectivity index (χ4n) is 1.99. The predicted molar refractivity (Wildman–Crippen MR) is 95.3 cm³/mol. The second-order valence-electron chi connectivity index (χ2n) is 6.83. The number of ether oxygens (including phenoxy) is 3. The van der Waals surface area contributed by atoms with Crippen molar-refractivity contribution in [3.8, 4) is 0 Å². The highest BCUT2D eigenvalue weighted by atomic mass is 16.6. The van der Waals surface area contributed by atoms with Crippen molar-refractivity contribution in [2.45, 2.75) is 58.8 Å². The Morgan fingerprint density at radius 1 is 1.08 bits per heavy atom. The van der Waals surface area contributed by atoms with Crippen LogP contribution in [0.3, 0.4) is 0 Å². The molecule has 144 valence electrons. The molecule has 7 heteroatoms. The molecular weight excluding hydrogens is 338 g/mol. The van der Waals surface area contributed by atoms with Gasteiger partial charge >= 0.3 is 18.0 Å². The normalized spacial score (nSPS) is 12.0. The highest BCUT2D eigenvalue weighted by Gasteiger charge is 2.21. The van der Waals surface area contributed by atoms with Crippen molar-refractivity contribution in [1.82, 2.24) is 5.32 Å². The molecule has 0 aliphatic heterocycles. The van der Waals surface area contributed by atoms with Gasteiger partial charge in [-0.3, -0.25) is 9.59 Å². The van der Waals surface area contributed by atoms with Crippen LogP contribution in [-0.2, 0) is 30.4 Å². The number of carbonyl (C=O) groups is 3. The summed E-state index contributed by atoms with van der Waals surface area (Å²) in [5.41, 5.74) is 0.245. The maximum Gasteiger partial charge on any atom is 0.407 e. The smallest absolute Gasteiger partial charge is 0.407 e. The lowest BCUT2D eigenvalue weighted by molar-refractivity contribution is -0.145. The summed E-state index contributed by atoms with van der Waals surface area (Å²) in [5, 5.41) is 2.61. The third-order valence-corrected chi connectivity index (χ3v) is 3.15. The van der Waals surface area contributed by atoms with Crippen LogP contribution in [0, 0.1) is 0 Å². The van der Waals surface area contributed by atoms with E-state index in [1.807, 2.05) is 30.3 Å². The fraction of sp³-hybridized carbons (Fsp3) is 0.526. The molecule has 0 saturated carbocycles. The average molecular weight is 365 g/mol. The minimum atomic E-state index is -0.648. The number of nitrogens with one attached hydrogen (secondary N) is 1. The van der Waals surface area contributed by atoms with Gasteiger partial charge in [0.1, 0.15) is 18.8 Å². The van der Waals surface area contributed by atoms with Crippen LogP contribution in [0.5, 0.6) is 0 Å². The monoisotopic (exact) mass is 365 g/mol. The highest BCUT2D eigenvalue weighted by Crippen LogP contribution is 2.09. The lowest BCUT2D eigenvalue weighted by atomic mass is 10.1. The van der Waals surface area contributed by atoms with Crippen molar-refractivity contribution >= 4 is 18.0 Å². The minimum absolute atomic E-state index is 0.0411. The van der Waals surface area contributed by atoms with E-state index in [1.165, 1.54) is 6.92 Å². The van der Waals surface area contributed by atoms with E-state index >= 15 is 0 Å². The third-order valence-electron chi connectivity index (χ3n) is 3.15. The van der Waals surface area contributed by atoms with Crippen LogP contribution in [0.2, 0.25) is 0 Å². The van der Waals surface area contributed by atoms with E-state index in [9.17, 15) is 14.4 Å². The molecule has 7 nitrogen and oxygen atoms in total. The molecule has 0 saturated heterocycles. The van der Waals surface area contributed by atoms with Gasteiger partial charge in [-0.25, -0.2) is 4.79 Å². The first kappa shape index (κ1) is 21.5. The second-order valence-corrected chi connectivity index (χ2v) is 6.83. The molecular formula is C19H27NO6. The zero-order chi connectivity index (χ0) is 19.6. The molecule has 1 aromatic carbocycles. The minimum Gasteiger partial charge on any atom is -0.464 e. The second kappa shape index (κ2) is 10.4. The number of rotatable bonds is 8. The van der Waals surface area contributed by atoms with Crippen LogP contribution < -0.4 is 5.32 Å². The summed E-state index contributed by atoms with van der Waals surface area (Å²) in [4.78, 5) is 34.8. The van der Waals surface area contributed by atoms with Gasteiger partial charge in [0.05, 0.1) is 6.04 Å². The van der Waals surface area contributed by atoms with Gasteiger partial charge in [0.2, 0.25) is 0 Å². The summed E-state index contributed by atoms with van der Waals surface area (Å²) in [6, 6.07) is 8.79. The molecule has 0 unspecified atom stereocenters. The molecule has 1 aromatic rings. The number of benzene rings is 1. The molecule has 1 amide bonds. The van der Waals surface area contributed by atoms with Crippen LogP contribution in [0.1, 0.15) is 46.1 Å². The molecule has 0 spiro atoms. The first-order valence-corrected chi connectivity index (χ1v) is 8.48. The number of carbonyl (C=O) groups excluding carboxylic acids is 3. The van der Waals surface area contributed by atoms with Gasteiger partial charge in [0, 0.05) is 13.3 Å². The number of hydrogen-bond acceptors (Lipinski definition) is 6. The summed E-state index contributed by atoms with van der Waals surface area (Å²) in [6.45, 7) is 6.66. The first-order chi connectivity index (χ1) is 12.2. The zero-order valence-electron chi connectivity index (χ0n) is 15.7. The average Bonchev–Trinajstić information content (AvgIpc) is 2.54. The Bertz CT molecular complexity index is 594. The van der Waals surface area contributed by atoms with Gasteiger partial charge < -0.3 is 19.5 Å². The Balaban J connectivity index is 2.46. The Kier molecular flexibility index (Phi) is 8.61. The van der Waals surface area contributed by atoms with Crippen molar-refractivity contribution in [3.63, 3.8) is 0 Å². The van der Waals surface area contributed by atoms with Gasteiger partial charge in [0.15, 0.2) is 0 Å². The highest BCUT2D eigenvalue weighted by molar-refractivity contribution is 5.70. The van der Waals surface area contributed by atoms with Crippen molar-refractivity contribution in [3.05, 3.63) is 35.9 Å². The van der Waals surface area contributed by atoms with E-state index in [0.717, 1.165) is 5.56 Å². The summed E-state index contributed by atoms with van der Waals surface area (Å²) in [7, 11) is 0. The van der Waals surface area contributed by atoms with Crippen LogP contribution in [0.4, 0.5) is 4.79 Å². The Hall–Kier alpha value is -2.57. The fourth-order valence-corrected chi connectivity index (χ4v) is 1.99. The van der Waals surface area contributed by atoms with Crippen LogP contribution in [0.15, 0.2) is 30.3 Å². The van der Waals surface area contributed by atoms with Gasteiger partial charge in [-0.1, -0.05) is 30.3 Å². The maximum absolute atomic E-state index is 11.9. The van der Waals surface area contributed by atoms with Crippen LogP contribution in [-0.4, -0.2) is 36.3 Å². The molecule has 0 radical (unpaired) electrons. The number of amides is 1. The molecule has 1 atom stereocenters. The lowest BCUT2D eigenvalue weighted by Gasteiger charge is -2.23. The van der Waals surface area contributed by atoms with Crippen molar-refractivity contribution in [2.75, 3.05) is 6.61 Å². The summed E-state index contributed by atoms with van der Waals surface area (Å²) >= 11 is 0. The van der Waals surface area contributed by atoms with E-state index in [1.54, 1.807) is 20.8 Å². The van der Waals surface area contributed by atoms with Crippen molar-refractivity contribution in [2.24, 2.45) is 0 Å². The van der Waals surface area contributed by atoms with Crippen LogP contribution in [0.25, 0.3) is 0 Å². The Labute approximate surface area is 154 Å². The van der Waals surface area contributed by atoms with E-state index in [4.69, 9.17) is 14.2 Å². The van der Waals surface area contributed by atoms with E-state index < -0.39 is 29.7 Å². The van der Waals surface area contributed by atoms with Gasteiger partial charge in [-0.2, -0.15) is 0 Å². The SMILES string of the molecule is CC(=O)OC[C@H](CCC(=O)OCc1ccccc1)NC(=O)OC(C)(C)C. The first-order valence-electron chi connectivity index (χ1n) is 8.48. The third kappa shape index (κ3) is 10.3. The molecule has 0 heterocycles. The van der Waals surface area contributed by atoms with Crippen LogP contribution >= 0.6 is 0 Å². The Morgan fingerprint density at radius 3 is 2.31 bits per heavy atom. The van der Waals surface area contributed by atoms with E-state index in [-0.39, 0.29) is 26.1 Å². The van der Waals surface area contributed by atoms with Gasteiger partial charge in [0.25, 0.3) is 0 Å². The predicted octanol–water partition coefficient (Wildman–Crippen LogP) is 2.97. The molecule has 0 aliphatic carbocycles. The van der Waals surface area contributed by atoms with Gasteiger partial charge in [-0.05, 0) is 32.8 Å². The zero-order valence-corrected chi connectivity index (χ0v) is 15.7. The molecule has 0 fully saturated rings. The largest absolute Gasteiger partial charge is 0.464 e. The maximum atomic E-state index is 11.9. The quantitative estimate of drug-likeness (QED) is 0.563. The molecule has 1 rings (SSSR count). The number of hydrogen-bond donors (Lipinski definition) is 1. The summed E-state index contributed by atoms with van der Waals surface area (Å²) in [5.74, 6) is -0.861. The van der Waals surface area contributed by atoms with Crippen molar-refractivity contribution < 1.29 is 28.6 Å².